The van der Waals surface area contributed by atoms with Crippen LogP contribution >= 0.6 is 0 Å². The number of aliphatic hydroxyl groups is 3. The van der Waals surface area contributed by atoms with E-state index in [1.807, 2.05) is 0 Å². The third-order valence-corrected chi connectivity index (χ3v) is 9.98. The van der Waals surface area contributed by atoms with Crippen LogP contribution in [-0.4, -0.2) is 97.5 Å². The highest BCUT2D eigenvalue weighted by molar-refractivity contribution is 7.80. The minimum atomic E-state index is -5.06. The van der Waals surface area contributed by atoms with Crippen LogP contribution in [0, 0.1) is 0 Å². The molecule has 6 atom stereocenters. The first-order valence-corrected chi connectivity index (χ1v) is 22.6. The van der Waals surface area contributed by atoms with E-state index >= 15 is 0 Å². The monoisotopic (exact) mass is 805 g/mol. The lowest BCUT2D eigenvalue weighted by Crippen LogP contribution is -2.60. The first kappa shape index (κ1) is 51.3. The smallest absolute Gasteiger partial charge is 0.397 e. The van der Waals surface area contributed by atoms with Gasteiger partial charge in [0.15, 0.2) is 6.29 Å². The molecule has 0 aromatic carbocycles. The van der Waals surface area contributed by atoms with Gasteiger partial charge in [-0.3, -0.25) is 9.35 Å². The summed E-state index contributed by atoms with van der Waals surface area (Å²) in [5.41, 5.74) is 0. The number of rotatable bonds is 36. The van der Waals surface area contributed by atoms with E-state index in [0.29, 0.717) is 13.0 Å². The van der Waals surface area contributed by atoms with Crippen molar-refractivity contribution in [1.29, 1.82) is 0 Å². The van der Waals surface area contributed by atoms with Gasteiger partial charge in [0.1, 0.15) is 30.5 Å². The maximum absolute atomic E-state index is 12.8. The van der Waals surface area contributed by atoms with Gasteiger partial charge in [0.25, 0.3) is 0 Å². The number of allylic oxidation sites excluding steroid dienone is 6. The van der Waals surface area contributed by atoms with Crippen molar-refractivity contribution in [3.8, 4) is 0 Å². The third kappa shape index (κ3) is 28.4. The predicted molar refractivity (Wildman–Crippen MR) is 216 cm³/mol. The van der Waals surface area contributed by atoms with Gasteiger partial charge in [0.05, 0.1) is 19.8 Å². The van der Waals surface area contributed by atoms with Crippen molar-refractivity contribution in [3.05, 3.63) is 36.5 Å². The first-order chi connectivity index (χ1) is 26.6. The Morgan fingerprint density at radius 1 is 0.691 bits per heavy atom. The summed E-state index contributed by atoms with van der Waals surface area (Å²) in [4.78, 5) is 12.8. The molecular formula is C42H76O12S. The highest BCUT2D eigenvalue weighted by Gasteiger charge is 2.48. The zero-order valence-corrected chi connectivity index (χ0v) is 34.8. The summed E-state index contributed by atoms with van der Waals surface area (Å²) in [6, 6.07) is 0. The Bertz CT molecular complexity index is 1110. The van der Waals surface area contributed by atoms with E-state index in [4.69, 9.17) is 23.5 Å². The molecule has 12 nitrogen and oxygen atoms in total. The summed E-state index contributed by atoms with van der Waals surface area (Å²) in [5, 5.41) is 30.5. The second-order valence-corrected chi connectivity index (χ2v) is 15.6. The highest BCUT2D eigenvalue weighted by Crippen LogP contribution is 2.26. The van der Waals surface area contributed by atoms with E-state index in [2.05, 4.69) is 54.5 Å². The Morgan fingerprint density at radius 3 is 1.78 bits per heavy atom. The first-order valence-electron chi connectivity index (χ1n) is 21.2. The van der Waals surface area contributed by atoms with Crippen LogP contribution in [0.25, 0.3) is 0 Å². The second kappa shape index (κ2) is 34.4. The number of ether oxygens (including phenoxy) is 4. The standard InChI is InChI=1S/C42H76O12S/c1-3-5-7-9-11-13-14-15-16-17-18-19-20-21-22-23-25-27-29-31-38(44)52-36(34-50-32-30-28-26-24-12-10-8-6-4-2)35-51-42-40(46)41(54-55(47,48)49)39(45)37(33-43)53-42/h11,13,15-16,18-19,36-37,39-43,45-46H,3-10,12,14,17,20-35H2,1-2H3,(H,47,48,49)/b13-11-,16-15-,19-18-. The summed E-state index contributed by atoms with van der Waals surface area (Å²) >= 11 is 0. The molecule has 0 radical (unpaired) electrons. The molecule has 13 heteroatoms. The van der Waals surface area contributed by atoms with Gasteiger partial charge >= 0.3 is 16.4 Å². The molecule has 4 N–H and O–H groups in total. The minimum absolute atomic E-state index is 0.0316. The van der Waals surface area contributed by atoms with E-state index < -0.39 is 59.8 Å². The fourth-order valence-corrected chi connectivity index (χ4v) is 6.77. The van der Waals surface area contributed by atoms with Crippen molar-refractivity contribution >= 4 is 16.4 Å². The lowest BCUT2D eigenvalue weighted by molar-refractivity contribution is -0.301. The Labute approximate surface area is 333 Å². The molecule has 1 heterocycles. The van der Waals surface area contributed by atoms with Crippen LogP contribution in [-0.2, 0) is 38.3 Å². The van der Waals surface area contributed by atoms with Crippen molar-refractivity contribution in [3.63, 3.8) is 0 Å². The minimum Gasteiger partial charge on any atom is -0.457 e. The van der Waals surface area contributed by atoms with Gasteiger partial charge < -0.3 is 34.3 Å². The maximum Gasteiger partial charge on any atom is 0.397 e. The maximum atomic E-state index is 12.8. The Balaban J connectivity index is 2.43. The summed E-state index contributed by atoms with van der Waals surface area (Å²) in [5.74, 6) is -0.413. The van der Waals surface area contributed by atoms with Crippen LogP contribution in [0.4, 0.5) is 0 Å². The SMILES string of the molecule is CCCCC/C=C\C/C=C\C/C=C\CCCCCCCCC(=O)OC(COCCCCCCCCCCC)COC1OC(CO)C(O)C(OS(=O)(=O)O)C1O. The van der Waals surface area contributed by atoms with Gasteiger partial charge in [-0.2, -0.15) is 8.42 Å². The number of hydrogen-bond acceptors (Lipinski definition) is 11. The molecule has 0 bridgehead atoms. The van der Waals surface area contributed by atoms with Gasteiger partial charge in [-0.05, 0) is 51.4 Å². The molecule has 0 spiro atoms. The van der Waals surface area contributed by atoms with Crippen molar-refractivity contribution < 1.29 is 56.2 Å². The number of aliphatic hydroxyl groups excluding tert-OH is 3. The number of unbranched alkanes of at least 4 members (excludes halogenated alkanes) is 17. The molecule has 1 aliphatic heterocycles. The van der Waals surface area contributed by atoms with Gasteiger partial charge in [-0.1, -0.05) is 140 Å². The van der Waals surface area contributed by atoms with Gasteiger partial charge in [0.2, 0.25) is 0 Å². The summed E-state index contributed by atoms with van der Waals surface area (Å²) in [7, 11) is -5.06. The van der Waals surface area contributed by atoms with E-state index in [1.165, 1.54) is 64.2 Å². The Morgan fingerprint density at radius 2 is 1.20 bits per heavy atom. The van der Waals surface area contributed by atoms with Crippen molar-refractivity contribution in [2.75, 3.05) is 26.4 Å². The molecule has 0 saturated carbocycles. The normalized spacial score (nSPS) is 21.3. The number of carbonyl (C=O) groups is 1. The van der Waals surface area contributed by atoms with Crippen LogP contribution < -0.4 is 0 Å². The number of carbonyl (C=O) groups excluding carboxylic acids is 1. The Kier molecular flexibility index (Phi) is 32.1. The average molecular weight is 805 g/mol. The fraction of sp³-hybridized carbons (Fsp3) is 0.833. The topological polar surface area (TPSA) is 178 Å². The van der Waals surface area contributed by atoms with Gasteiger partial charge in [-0.15, -0.1) is 0 Å². The van der Waals surface area contributed by atoms with Crippen LogP contribution in [0.1, 0.15) is 162 Å². The molecule has 6 unspecified atom stereocenters. The third-order valence-electron chi connectivity index (χ3n) is 9.52. The molecule has 0 amide bonds. The van der Waals surface area contributed by atoms with Crippen molar-refractivity contribution in [2.24, 2.45) is 0 Å². The molecule has 1 rings (SSSR count). The molecule has 0 aromatic rings. The molecule has 55 heavy (non-hydrogen) atoms. The zero-order valence-electron chi connectivity index (χ0n) is 34.0. The lowest BCUT2D eigenvalue weighted by atomic mass is 9.99. The van der Waals surface area contributed by atoms with Crippen LogP contribution in [0.5, 0.6) is 0 Å². The lowest BCUT2D eigenvalue weighted by Gasteiger charge is -2.41. The van der Waals surface area contributed by atoms with Crippen LogP contribution in [0.3, 0.4) is 0 Å². The van der Waals surface area contributed by atoms with Crippen molar-refractivity contribution in [2.45, 2.75) is 198 Å². The largest absolute Gasteiger partial charge is 0.457 e. The molecular weight excluding hydrogens is 729 g/mol. The number of esters is 1. The summed E-state index contributed by atoms with van der Waals surface area (Å²) in [6.45, 7) is 3.91. The molecule has 1 fully saturated rings. The Hall–Kier alpha value is -1.68. The van der Waals surface area contributed by atoms with E-state index in [1.54, 1.807) is 0 Å². The fourth-order valence-electron chi connectivity index (χ4n) is 6.27. The molecule has 1 saturated heterocycles. The quantitative estimate of drug-likeness (QED) is 0.0207. The molecule has 1 aliphatic rings. The predicted octanol–water partition coefficient (Wildman–Crippen LogP) is 8.24. The second-order valence-electron chi connectivity index (χ2n) is 14.6. The van der Waals surface area contributed by atoms with Crippen LogP contribution in [0.15, 0.2) is 36.5 Å². The summed E-state index contributed by atoms with van der Waals surface area (Å²) < 4.78 is 58.8. The highest BCUT2D eigenvalue weighted by atomic mass is 32.3. The van der Waals surface area contributed by atoms with Crippen molar-refractivity contribution in [1.82, 2.24) is 0 Å². The number of hydrogen-bond donors (Lipinski definition) is 4. The molecule has 0 aliphatic carbocycles. The van der Waals surface area contributed by atoms with E-state index in [0.717, 1.165) is 70.6 Å². The van der Waals surface area contributed by atoms with Gasteiger partial charge in [0, 0.05) is 13.0 Å². The zero-order chi connectivity index (χ0) is 40.4. The van der Waals surface area contributed by atoms with Gasteiger partial charge in [-0.25, -0.2) is 4.18 Å². The molecule has 0 aromatic heterocycles. The van der Waals surface area contributed by atoms with Crippen LogP contribution in [0.2, 0.25) is 0 Å². The summed E-state index contributed by atoms with van der Waals surface area (Å²) in [6.07, 6.45) is 29.0. The average Bonchev–Trinajstić information content (AvgIpc) is 3.15. The molecule has 322 valence electrons. The van der Waals surface area contributed by atoms with E-state index in [9.17, 15) is 28.5 Å². The van der Waals surface area contributed by atoms with E-state index in [-0.39, 0.29) is 19.6 Å².